The highest BCUT2D eigenvalue weighted by atomic mass is 35.5. The van der Waals surface area contributed by atoms with Crippen LogP contribution in [0.5, 0.6) is 0 Å². The van der Waals surface area contributed by atoms with Crippen LogP contribution in [-0.2, 0) is 13.1 Å². The highest BCUT2D eigenvalue weighted by Crippen LogP contribution is 2.15. The number of rotatable bonds is 4. The molecular weight excluding hydrogens is 234 g/mol. The molecule has 0 radical (unpaired) electrons. The molecule has 17 heavy (non-hydrogen) atoms. The second-order valence-corrected chi connectivity index (χ2v) is 4.16. The normalized spacial score (nSPS) is 10.2. The molecule has 0 bridgehead atoms. The van der Waals surface area contributed by atoms with Crippen molar-refractivity contribution >= 4 is 17.3 Å². The molecular formula is C13H14ClN3. The van der Waals surface area contributed by atoms with E-state index in [1.165, 1.54) is 0 Å². The van der Waals surface area contributed by atoms with Gasteiger partial charge in [-0.15, -0.1) is 0 Å². The number of anilines is 1. The van der Waals surface area contributed by atoms with Crippen molar-refractivity contribution in [3.8, 4) is 0 Å². The van der Waals surface area contributed by atoms with Crippen LogP contribution in [0.2, 0.25) is 5.02 Å². The molecule has 2 aromatic rings. The van der Waals surface area contributed by atoms with E-state index in [9.17, 15) is 0 Å². The summed E-state index contributed by atoms with van der Waals surface area (Å²) in [6.07, 6.45) is 1.77. The molecule has 0 saturated heterocycles. The first-order valence-corrected chi connectivity index (χ1v) is 5.79. The fourth-order valence-electron chi connectivity index (χ4n) is 1.55. The number of hydrogen-bond donors (Lipinski definition) is 2. The van der Waals surface area contributed by atoms with E-state index < -0.39 is 0 Å². The first-order chi connectivity index (χ1) is 8.28. The van der Waals surface area contributed by atoms with E-state index >= 15 is 0 Å². The van der Waals surface area contributed by atoms with Crippen molar-refractivity contribution in [1.82, 2.24) is 4.98 Å². The van der Waals surface area contributed by atoms with Crippen LogP contribution in [0.25, 0.3) is 0 Å². The summed E-state index contributed by atoms with van der Waals surface area (Å²) < 4.78 is 0. The predicted octanol–water partition coefficient (Wildman–Crippen LogP) is 2.81. The van der Waals surface area contributed by atoms with Gasteiger partial charge in [-0.05, 0) is 35.9 Å². The number of hydrogen-bond acceptors (Lipinski definition) is 3. The average Bonchev–Trinajstić information content (AvgIpc) is 2.37. The summed E-state index contributed by atoms with van der Waals surface area (Å²) in [6.45, 7) is 1.20. The molecule has 0 aliphatic rings. The Morgan fingerprint density at radius 3 is 2.88 bits per heavy atom. The average molecular weight is 248 g/mol. The Balaban J connectivity index is 2.02. The van der Waals surface area contributed by atoms with Crippen LogP contribution in [0, 0.1) is 0 Å². The van der Waals surface area contributed by atoms with Crippen molar-refractivity contribution in [3.05, 3.63) is 58.9 Å². The minimum Gasteiger partial charge on any atom is -0.381 e. The lowest BCUT2D eigenvalue weighted by atomic mass is 10.2. The van der Waals surface area contributed by atoms with Gasteiger partial charge in [0.25, 0.3) is 0 Å². The van der Waals surface area contributed by atoms with E-state index in [4.69, 9.17) is 17.3 Å². The van der Waals surface area contributed by atoms with E-state index in [-0.39, 0.29) is 0 Å². The monoisotopic (exact) mass is 247 g/mol. The van der Waals surface area contributed by atoms with Crippen LogP contribution in [0.1, 0.15) is 11.3 Å². The lowest BCUT2D eigenvalue weighted by Gasteiger charge is -2.07. The maximum Gasteiger partial charge on any atom is 0.0542 e. The minimum atomic E-state index is 0.463. The first kappa shape index (κ1) is 11.9. The maximum atomic E-state index is 5.91. The largest absolute Gasteiger partial charge is 0.381 e. The van der Waals surface area contributed by atoms with Gasteiger partial charge in [-0.2, -0.15) is 0 Å². The molecule has 2 rings (SSSR count). The number of nitrogens with two attached hydrogens (primary N) is 1. The lowest BCUT2D eigenvalue weighted by molar-refractivity contribution is 0.973. The molecule has 0 atom stereocenters. The van der Waals surface area contributed by atoms with Gasteiger partial charge in [0.1, 0.15) is 0 Å². The van der Waals surface area contributed by atoms with Crippen molar-refractivity contribution in [2.24, 2.45) is 5.73 Å². The number of nitrogens with zero attached hydrogens (tertiary/aromatic N) is 1. The van der Waals surface area contributed by atoms with Crippen LogP contribution < -0.4 is 11.1 Å². The quantitative estimate of drug-likeness (QED) is 0.874. The van der Waals surface area contributed by atoms with E-state index in [1.54, 1.807) is 6.20 Å². The Labute approximate surface area is 106 Å². The molecule has 1 heterocycles. The van der Waals surface area contributed by atoms with Crippen LogP contribution >= 0.6 is 11.6 Å². The van der Waals surface area contributed by atoms with Gasteiger partial charge in [-0.3, -0.25) is 4.98 Å². The summed E-state index contributed by atoms with van der Waals surface area (Å²) in [6, 6.07) is 11.6. The second-order valence-electron chi connectivity index (χ2n) is 3.72. The molecule has 88 valence electrons. The third kappa shape index (κ3) is 3.44. The smallest absolute Gasteiger partial charge is 0.0542 e. The van der Waals surface area contributed by atoms with Gasteiger partial charge in [-0.25, -0.2) is 0 Å². The summed E-state index contributed by atoms with van der Waals surface area (Å²) in [7, 11) is 0. The summed E-state index contributed by atoms with van der Waals surface area (Å²) in [5.74, 6) is 0. The van der Waals surface area contributed by atoms with Gasteiger partial charge >= 0.3 is 0 Å². The van der Waals surface area contributed by atoms with Gasteiger partial charge in [0.05, 0.1) is 5.69 Å². The predicted molar refractivity (Wildman–Crippen MR) is 70.9 cm³/mol. The zero-order valence-electron chi connectivity index (χ0n) is 9.36. The Hall–Kier alpha value is -1.58. The zero-order valence-corrected chi connectivity index (χ0v) is 10.1. The van der Waals surface area contributed by atoms with Crippen molar-refractivity contribution in [3.63, 3.8) is 0 Å². The van der Waals surface area contributed by atoms with Crippen molar-refractivity contribution < 1.29 is 0 Å². The first-order valence-electron chi connectivity index (χ1n) is 5.41. The van der Waals surface area contributed by atoms with E-state index in [0.29, 0.717) is 6.54 Å². The van der Waals surface area contributed by atoms with E-state index in [1.807, 2.05) is 36.4 Å². The number of benzene rings is 1. The molecule has 0 spiro atoms. The molecule has 1 aromatic carbocycles. The van der Waals surface area contributed by atoms with Gasteiger partial charge in [0.15, 0.2) is 0 Å². The number of halogens is 1. The molecule has 0 aliphatic carbocycles. The Bertz CT molecular complexity index is 500. The Morgan fingerprint density at radius 2 is 2.12 bits per heavy atom. The molecule has 3 nitrogen and oxygen atoms in total. The zero-order chi connectivity index (χ0) is 12.1. The van der Waals surface area contributed by atoms with Gasteiger partial charge < -0.3 is 11.1 Å². The molecule has 0 amide bonds. The molecule has 1 aromatic heterocycles. The third-order valence-electron chi connectivity index (χ3n) is 2.41. The van der Waals surface area contributed by atoms with Gasteiger partial charge in [-0.1, -0.05) is 17.7 Å². The van der Waals surface area contributed by atoms with Gasteiger partial charge in [0.2, 0.25) is 0 Å². The molecule has 4 heteroatoms. The highest BCUT2D eigenvalue weighted by molar-refractivity contribution is 6.30. The molecule has 0 fully saturated rings. The van der Waals surface area contributed by atoms with Crippen LogP contribution in [-0.4, -0.2) is 4.98 Å². The fraction of sp³-hybridized carbons (Fsp3) is 0.154. The standard InChI is InChI=1S/C13H14ClN3/c14-11-2-1-3-12(7-11)17-9-10-4-5-16-13(6-10)8-15/h1-7,17H,8-9,15H2. The summed E-state index contributed by atoms with van der Waals surface area (Å²) in [5.41, 5.74) is 8.60. The number of pyridine rings is 1. The number of aromatic nitrogens is 1. The van der Waals surface area contributed by atoms with E-state index in [2.05, 4.69) is 10.3 Å². The van der Waals surface area contributed by atoms with Crippen molar-refractivity contribution in [1.29, 1.82) is 0 Å². The third-order valence-corrected chi connectivity index (χ3v) is 2.65. The molecule has 0 aliphatic heterocycles. The molecule has 0 saturated carbocycles. The summed E-state index contributed by atoms with van der Waals surface area (Å²) >= 11 is 5.91. The molecule has 0 unspecified atom stereocenters. The highest BCUT2D eigenvalue weighted by Gasteiger charge is 1.97. The van der Waals surface area contributed by atoms with Crippen LogP contribution in [0.15, 0.2) is 42.6 Å². The topological polar surface area (TPSA) is 50.9 Å². The lowest BCUT2D eigenvalue weighted by Crippen LogP contribution is -2.03. The number of nitrogens with one attached hydrogen (secondary N) is 1. The Kier molecular flexibility index (Phi) is 3.96. The maximum absolute atomic E-state index is 5.91. The molecule has 3 N–H and O–H groups in total. The van der Waals surface area contributed by atoms with E-state index in [0.717, 1.165) is 28.5 Å². The summed E-state index contributed by atoms with van der Waals surface area (Å²) in [4.78, 5) is 4.15. The SMILES string of the molecule is NCc1cc(CNc2cccc(Cl)c2)ccn1. The van der Waals surface area contributed by atoms with Crippen molar-refractivity contribution in [2.75, 3.05) is 5.32 Å². The van der Waals surface area contributed by atoms with Gasteiger partial charge in [0, 0.05) is 30.0 Å². The fourth-order valence-corrected chi connectivity index (χ4v) is 1.74. The van der Waals surface area contributed by atoms with Crippen molar-refractivity contribution in [2.45, 2.75) is 13.1 Å². The summed E-state index contributed by atoms with van der Waals surface area (Å²) in [5, 5.41) is 4.03. The second kappa shape index (κ2) is 5.66. The Morgan fingerprint density at radius 1 is 1.24 bits per heavy atom. The van der Waals surface area contributed by atoms with Crippen LogP contribution in [0.3, 0.4) is 0 Å². The van der Waals surface area contributed by atoms with Crippen LogP contribution in [0.4, 0.5) is 5.69 Å². The minimum absolute atomic E-state index is 0.463.